The Labute approximate surface area is 107 Å². The van der Waals surface area contributed by atoms with Crippen molar-refractivity contribution in [3.05, 3.63) is 0 Å². The second-order valence-corrected chi connectivity index (χ2v) is 5.41. The Morgan fingerprint density at radius 1 is 1.47 bits per heavy atom. The van der Waals surface area contributed by atoms with Gasteiger partial charge in [-0.25, -0.2) is 4.79 Å². The van der Waals surface area contributed by atoms with Crippen molar-refractivity contribution in [1.29, 1.82) is 0 Å². The highest BCUT2D eigenvalue weighted by Gasteiger charge is 2.36. The average molecular weight is 265 g/mol. The molecule has 0 aliphatic carbocycles. The lowest BCUT2D eigenvalue weighted by atomic mass is 9.98. The van der Waals surface area contributed by atoms with E-state index in [2.05, 4.69) is 0 Å². The van der Waals surface area contributed by atoms with Crippen LogP contribution in [0.5, 0.6) is 0 Å². The summed E-state index contributed by atoms with van der Waals surface area (Å²) in [7, 11) is 0. The molecule has 2 atom stereocenters. The van der Waals surface area contributed by atoms with Crippen LogP contribution in [0.25, 0.3) is 0 Å². The highest BCUT2D eigenvalue weighted by atomic mass is 32.2. The molecule has 0 saturated heterocycles. The molecule has 0 spiro atoms. The third-order valence-corrected chi connectivity index (χ3v) is 3.24. The lowest BCUT2D eigenvalue weighted by Gasteiger charge is -2.28. The van der Waals surface area contributed by atoms with Crippen molar-refractivity contribution in [2.45, 2.75) is 31.9 Å². The smallest absolute Gasteiger partial charge is 0.328 e. The first kappa shape index (κ1) is 16.7. The summed E-state index contributed by atoms with van der Waals surface area (Å²) in [5.74, 6) is 0.0201. The minimum Gasteiger partial charge on any atom is -0.458 e. The van der Waals surface area contributed by atoms with E-state index in [9.17, 15) is 9.90 Å². The maximum atomic E-state index is 11.8. The third kappa shape index (κ3) is 5.25. The highest BCUT2D eigenvalue weighted by molar-refractivity contribution is 7.98. The quantitative estimate of drug-likeness (QED) is 0.535. The van der Waals surface area contributed by atoms with Crippen LogP contribution in [0.3, 0.4) is 0 Å². The van der Waals surface area contributed by atoms with E-state index < -0.39 is 24.2 Å². The monoisotopic (exact) mass is 265 g/mol. The fourth-order valence-electron chi connectivity index (χ4n) is 1.17. The molecule has 0 amide bonds. The maximum absolute atomic E-state index is 11.8. The molecule has 6 heteroatoms. The summed E-state index contributed by atoms with van der Waals surface area (Å²) in [5.41, 5.74) is 4.44. The Morgan fingerprint density at radius 3 is 2.41 bits per heavy atom. The van der Waals surface area contributed by atoms with E-state index in [1.54, 1.807) is 11.8 Å². The van der Waals surface area contributed by atoms with Gasteiger partial charge in [0.1, 0.15) is 11.6 Å². The first-order chi connectivity index (χ1) is 7.91. The highest BCUT2D eigenvalue weighted by Crippen LogP contribution is 2.15. The van der Waals surface area contributed by atoms with Crippen molar-refractivity contribution in [1.82, 2.24) is 0 Å². The van der Waals surface area contributed by atoms with Crippen LogP contribution in [-0.4, -0.2) is 53.0 Å². The Kier molecular flexibility index (Phi) is 7.78. The Hall–Kier alpha value is -0.300. The SMILES string of the molecule is CSCCC(N)(CO)C(=O)OC(CO)C(C)C. The number of esters is 1. The van der Waals surface area contributed by atoms with Crippen molar-refractivity contribution in [2.24, 2.45) is 11.7 Å². The van der Waals surface area contributed by atoms with Crippen LogP contribution in [-0.2, 0) is 9.53 Å². The fraction of sp³-hybridized carbons (Fsp3) is 0.909. The number of hydrogen-bond donors (Lipinski definition) is 3. The van der Waals surface area contributed by atoms with E-state index in [1.807, 2.05) is 20.1 Å². The summed E-state index contributed by atoms with van der Waals surface area (Å²) in [4.78, 5) is 11.8. The zero-order valence-corrected chi connectivity index (χ0v) is 11.5. The zero-order chi connectivity index (χ0) is 13.5. The molecule has 5 nitrogen and oxygen atoms in total. The number of aliphatic hydroxyl groups is 2. The second kappa shape index (κ2) is 7.92. The number of carbonyl (C=O) groups excluding carboxylic acids is 1. The summed E-state index contributed by atoms with van der Waals surface area (Å²) in [6.07, 6.45) is 1.67. The van der Waals surface area contributed by atoms with Crippen LogP contribution in [0.1, 0.15) is 20.3 Å². The van der Waals surface area contributed by atoms with Gasteiger partial charge < -0.3 is 20.7 Å². The van der Waals surface area contributed by atoms with Crippen molar-refractivity contribution in [2.75, 3.05) is 25.2 Å². The molecular formula is C11H23NO4S. The molecule has 0 aliphatic heterocycles. The van der Waals surface area contributed by atoms with E-state index in [1.165, 1.54) is 0 Å². The topological polar surface area (TPSA) is 92.8 Å². The molecule has 102 valence electrons. The van der Waals surface area contributed by atoms with E-state index in [0.717, 1.165) is 0 Å². The maximum Gasteiger partial charge on any atom is 0.328 e. The molecule has 0 bridgehead atoms. The van der Waals surface area contributed by atoms with Gasteiger partial charge in [0.2, 0.25) is 0 Å². The predicted molar refractivity (Wildman–Crippen MR) is 68.8 cm³/mol. The normalized spacial score (nSPS) is 16.6. The predicted octanol–water partition coefficient (Wildman–Crippen LogP) is -0.0106. The molecule has 0 radical (unpaired) electrons. The van der Waals surface area contributed by atoms with Gasteiger partial charge in [0.25, 0.3) is 0 Å². The lowest BCUT2D eigenvalue weighted by molar-refractivity contribution is -0.162. The largest absolute Gasteiger partial charge is 0.458 e. The van der Waals surface area contributed by atoms with Gasteiger partial charge in [-0.1, -0.05) is 13.8 Å². The van der Waals surface area contributed by atoms with Gasteiger partial charge in [-0.05, 0) is 24.3 Å². The Morgan fingerprint density at radius 2 is 2.06 bits per heavy atom. The van der Waals surface area contributed by atoms with Crippen LogP contribution in [0.15, 0.2) is 0 Å². The summed E-state index contributed by atoms with van der Waals surface area (Å²) in [6, 6.07) is 0. The molecular weight excluding hydrogens is 242 g/mol. The minimum atomic E-state index is -1.37. The van der Waals surface area contributed by atoms with Gasteiger partial charge in [-0.15, -0.1) is 0 Å². The van der Waals surface area contributed by atoms with Crippen molar-refractivity contribution < 1.29 is 19.7 Å². The molecule has 0 aromatic heterocycles. The summed E-state index contributed by atoms with van der Waals surface area (Å²) in [6.45, 7) is 2.98. The molecule has 2 unspecified atom stereocenters. The molecule has 0 aromatic carbocycles. The van der Waals surface area contributed by atoms with Crippen LogP contribution >= 0.6 is 11.8 Å². The van der Waals surface area contributed by atoms with Gasteiger partial charge >= 0.3 is 5.97 Å². The molecule has 0 saturated carbocycles. The number of aliphatic hydroxyl groups excluding tert-OH is 2. The first-order valence-electron chi connectivity index (χ1n) is 5.62. The standard InChI is InChI=1S/C11H23NO4S/c1-8(2)9(6-13)16-10(15)11(12,7-14)4-5-17-3/h8-9,13-14H,4-7,12H2,1-3H3. The van der Waals surface area contributed by atoms with Crippen LogP contribution < -0.4 is 5.73 Å². The number of nitrogens with two attached hydrogens (primary N) is 1. The zero-order valence-electron chi connectivity index (χ0n) is 10.7. The third-order valence-electron chi connectivity index (χ3n) is 2.62. The van der Waals surface area contributed by atoms with Crippen LogP contribution in [0, 0.1) is 5.92 Å². The number of carbonyl (C=O) groups is 1. The Bertz CT molecular complexity index is 238. The molecule has 4 N–H and O–H groups in total. The summed E-state index contributed by atoms with van der Waals surface area (Å²) < 4.78 is 5.13. The van der Waals surface area contributed by atoms with E-state index in [-0.39, 0.29) is 12.5 Å². The average Bonchev–Trinajstić information content (AvgIpc) is 2.31. The number of ether oxygens (including phenoxy) is 1. The molecule has 0 aromatic rings. The van der Waals surface area contributed by atoms with E-state index >= 15 is 0 Å². The number of rotatable bonds is 8. The second-order valence-electron chi connectivity index (χ2n) is 4.43. The van der Waals surface area contributed by atoms with E-state index in [4.69, 9.17) is 15.6 Å². The molecule has 0 heterocycles. The lowest BCUT2D eigenvalue weighted by Crippen LogP contribution is -2.54. The van der Waals surface area contributed by atoms with Gasteiger partial charge in [0, 0.05) is 0 Å². The Balaban J connectivity index is 4.52. The van der Waals surface area contributed by atoms with Crippen molar-refractivity contribution in [3.8, 4) is 0 Å². The number of thioether (sulfide) groups is 1. The van der Waals surface area contributed by atoms with E-state index in [0.29, 0.717) is 12.2 Å². The van der Waals surface area contributed by atoms with Crippen molar-refractivity contribution in [3.63, 3.8) is 0 Å². The van der Waals surface area contributed by atoms with Gasteiger partial charge in [-0.3, -0.25) is 0 Å². The number of hydrogen-bond acceptors (Lipinski definition) is 6. The van der Waals surface area contributed by atoms with Crippen LogP contribution in [0.2, 0.25) is 0 Å². The molecule has 0 aliphatic rings. The molecule has 0 rings (SSSR count). The molecule has 17 heavy (non-hydrogen) atoms. The molecule has 0 fully saturated rings. The van der Waals surface area contributed by atoms with Crippen molar-refractivity contribution >= 4 is 17.7 Å². The first-order valence-corrected chi connectivity index (χ1v) is 7.01. The van der Waals surface area contributed by atoms with Crippen LogP contribution in [0.4, 0.5) is 0 Å². The fourth-order valence-corrected chi connectivity index (χ4v) is 1.74. The van der Waals surface area contributed by atoms with Gasteiger partial charge in [-0.2, -0.15) is 11.8 Å². The van der Waals surface area contributed by atoms with Gasteiger partial charge in [0.05, 0.1) is 13.2 Å². The summed E-state index contributed by atoms with van der Waals surface area (Å²) in [5, 5.41) is 18.3. The minimum absolute atomic E-state index is 0.00689. The summed E-state index contributed by atoms with van der Waals surface area (Å²) >= 11 is 1.54. The van der Waals surface area contributed by atoms with Gasteiger partial charge in [0.15, 0.2) is 0 Å².